The predicted molar refractivity (Wildman–Crippen MR) is 66.1 cm³/mol. The van der Waals surface area contributed by atoms with E-state index < -0.39 is 5.97 Å². The van der Waals surface area contributed by atoms with E-state index in [1.54, 1.807) is 10.6 Å². The molecule has 0 bridgehead atoms. The Bertz CT molecular complexity index is 545. The molecule has 0 spiro atoms. The van der Waals surface area contributed by atoms with Crippen LogP contribution in [0.15, 0.2) is 23.5 Å². The van der Waals surface area contributed by atoms with Gasteiger partial charge in [0, 0.05) is 18.3 Å². The standard InChI is InChI=1S/C13H15NO4/c1-3-7-18-11-8-9(13(16)17-2)10-5-4-6-14(10)12(11)15/h3,8H,1,4-7H2,2H3. The number of hydrogen-bond acceptors (Lipinski definition) is 4. The van der Waals surface area contributed by atoms with Gasteiger partial charge in [-0.15, -0.1) is 0 Å². The van der Waals surface area contributed by atoms with Crippen molar-refractivity contribution in [3.05, 3.63) is 40.3 Å². The van der Waals surface area contributed by atoms with Crippen molar-refractivity contribution in [2.24, 2.45) is 0 Å². The molecule has 0 atom stereocenters. The Morgan fingerprint density at radius 2 is 2.39 bits per heavy atom. The molecule has 1 aliphatic rings. The molecule has 5 heteroatoms. The average molecular weight is 249 g/mol. The minimum atomic E-state index is -0.441. The fourth-order valence-electron chi connectivity index (χ4n) is 2.13. The minimum absolute atomic E-state index is 0.168. The van der Waals surface area contributed by atoms with Gasteiger partial charge in [-0.3, -0.25) is 4.79 Å². The highest BCUT2D eigenvalue weighted by molar-refractivity contribution is 5.91. The van der Waals surface area contributed by atoms with Crippen LogP contribution in [0.2, 0.25) is 0 Å². The van der Waals surface area contributed by atoms with Crippen LogP contribution in [0.3, 0.4) is 0 Å². The SMILES string of the molecule is C=CCOc1cc(C(=O)OC)c2n(c1=O)CCC2. The monoisotopic (exact) mass is 249 g/mol. The summed E-state index contributed by atoms with van der Waals surface area (Å²) in [6, 6.07) is 1.47. The van der Waals surface area contributed by atoms with E-state index in [1.807, 2.05) is 0 Å². The van der Waals surface area contributed by atoms with Crippen LogP contribution in [0.5, 0.6) is 5.75 Å². The van der Waals surface area contributed by atoms with E-state index in [4.69, 9.17) is 9.47 Å². The fraction of sp³-hybridized carbons (Fsp3) is 0.385. The number of rotatable bonds is 4. The van der Waals surface area contributed by atoms with E-state index in [9.17, 15) is 9.59 Å². The first-order valence-electron chi connectivity index (χ1n) is 5.77. The van der Waals surface area contributed by atoms with Crippen molar-refractivity contribution in [2.45, 2.75) is 19.4 Å². The predicted octanol–water partition coefficient (Wildman–Crippen LogP) is 1.15. The van der Waals surface area contributed by atoms with Crippen LogP contribution in [0, 0.1) is 0 Å². The Morgan fingerprint density at radius 3 is 3.06 bits per heavy atom. The van der Waals surface area contributed by atoms with Crippen molar-refractivity contribution in [2.75, 3.05) is 13.7 Å². The Kier molecular flexibility index (Phi) is 3.50. The summed E-state index contributed by atoms with van der Waals surface area (Å²) in [7, 11) is 1.32. The molecule has 18 heavy (non-hydrogen) atoms. The molecule has 0 amide bonds. The van der Waals surface area contributed by atoms with E-state index in [1.165, 1.54) is 13.2 Å². The van der Waals surface area contributed by atoms with Gasteiger partial charge in [0.1, 0.15) is 6.61 Å². The van der Waals surface area contributed by atoms with Crippen LogP contribution in [-0.4, -0.2) is 24.3 Å². The topological polar surface area (TPSA) is 57.5 Å². The molecular weight excluding hydrogens is 234 g/mol. The van der Waals surface area contributed by atoms with Gasteiger partial charge >= 0.3 is 5.97 Å². The van der Waals surface area contributed by atoms with Gasteiger partial charge in [0.2, 0.25) is 0 Å². The van der Waals surface area contributed by atoms with E-state index >= 15 is 0 Å². The minimum Gasteiger partial charge on any atom is -0.484 e. The average Bonchev–Trinajstić information content (AvgIpc) is 2.87. The highest BCUT2D eigenvalue weighted by atomic mass is 16.5. The first-order valence-corrected chi connectivity index (χ1v) is 5.77. The largest absolute Gasteiger partial charge is 0.484 e. The zero-order valence-electron chi connectivity index (χ0n) is 10.3. The quantitative estimate of drug-likeness (QED) is 0.593. The lowest BCUT2D eigenvalue weighted by molar-refractivity contribution is 0.0598. The van der Waals surface area contributed by atoms with E-state index in [0.29, 0.717) is 18.5 Å². The number of esters is 1. The number of nitrogens with zero attached hydrogens (tertiary/aromatic N) is 1. The van der Waals surface area contributed by atoms with Crippen LogP contribution in [0.25, 0.3) is 0 Å². The van der Waals surface area contributed by atoms with Gasteiger partial charge in [-0.05, 0) is 12.8 Å². The molecule has 1 aromatic rings. The number of ether oxygens (including phenoxy) is 2. The maximum Gasteiger partial charge on any atom is 0.339 e. The molecule has 96 valence electrons. The van der Waals surface area contributed by atoms with E-state index in [2.05, 4.69) is 6.58 Å². The van der Waals surface area contributed by atoms with Crippen molar-refractivity contribution >= 4 is 5.97 Å². The second kappa shape index (κ2) is 5.08. The van der Waals surface area contributed by atoms with Gasteiger partial charge in [-0.1, -0.05) is 12.7 Å². The third-order valence-electron chi connectivity index (χ3n) is 2.93. The number of fused-ring (bicyclic) bond motifs is 1. The zero-order valence-corrected chi connectivity index (χ0v) is 10.3. The summed E-state index contributed by atoms with van der Waals surface area (Å²) in [5.41, 5.74) is 0.948. The van der Waals surface area contributed by atoms with Crippen LogP contribution < -0.4 is 10.3 Å². The van der Waals surface area contributed by atoms with Crippen LogP contribution >= 0.6 is 0 Å². The lowest BCUT2D eigenvalue weighted by Crippen LogP contribution is -2.24. The van der Waals surface area contributed by atoms with Gasteiger partial charge in [0.15, 0.2) is 5.75 Å². The van der Waals surface area contributed by atoms with Crippen molar-refractivity contribution in [3.63, 3.8) is 0 Å². The summed E-state index contributed by atoms with van der Waals surface area (Å²) in [5.74, 6) is -0.273. The highest BCUT2D eigenvalue weighted by Gasteiger charge is 2.23. The second-order valence-electron chi connectivity index (χ2n) is 4.02. The molecule has 1 aromatic heterocycles. The number of carbonyl (C=O) groups is 1. The summed E-state index contributed by atoms with van der Waals surface area (Å²) >= 11 is 0. The Balaban J connectivity index is 2.53. The lowest BCUT2D eigenvalue weighted by Gasteiger charge is -2.11. The van der Waals surface area contributed by atoms with Gasteiger partial charge in [-0.25, -0.2) is 4.79 Å². The lowest BCUT2D eigenvalue weighted by atomic mass is 10.1. The molecular formula is C13H15NO4. The molecule has 2 rings (SSSR count). The number of aromatic nitrogens is 1. The smallest absolute Gasteiger partial charge is 0.339 e. The number of methoxy groups -OCH3 is 1. The summed E-state index contributed by atoms with van der Waals surface area (Å²) < 4.78 is 11.6. The maximum absolute atomic E-state index is 12.1. The van der Waals surface area contributed by atoms with Crippen molar-refractivity contribution in [3.8, 4) is 5.75 Å². The van der Waals surface area contributed by atoms with Gasteiger partial charge < -0.3 is 14.0 Å². The van der Waals surface area contributed by atoms with Crippen molar-refractivity contribution in [1.82, 2.24) is 4.57 Å². The molecule has 0 aromatic carbocycles. The van der Waals surface area contributed by atoms with Crippen LogP contribution in [0.1, 0.15) is 22.5 Å². The number of pyridine rings is 1. The summed E-state index contributed by atoms with van der Waals surface area (Å²) in [4.78, 5) is 23.8. The molecule has 0 radical (unpaired) electrons. The molecule has 2 heterocycles. The Hall–Kier alpha value is -2.04. The molecule has 0 unspecified atom stereocenters. The van der Waals surface area contributed by atoms with Crippen molar-refractivity contribution < 1.29 is 14.3 Å². The van der Waals surface area contributed by atoms with Crippen molar-refractivity contribution in [1.29, 1.82) is 0 Å². The number of carbonyl (C=O) groups excluding carboxylic acids is 1. The third kappa shape index (κ3) is 2.03. The summed E-state index contributed by atoms with van der Waals surface area (Å²) in [6.45, 7) is 4.37. The second-order valence-corrected chi connectivity index (χ2v) is 4.02. The fourth-order valence-corrected chi connectivity index (χ4v) is 2.13. The zero-order chi connectivity index (χ0) is 13.1. The molecule has 0 saturated carbocycles. The third-order valence-corrected chi connectivity index (χ3v) is 2.93. The Labute approximate surface area is 105 Å². The molecule has 0 N–H and O–H groups in total. The normalized spacial score (nSPS) is 12.9. The maximum atomic E-state index is 12.1. The van der Waals surface area contributed by atoms with Crippen LogP contribution in [-0.2, 0) is 17.7 Å². The molecule has 0 fully saturated rings. The summed E-state index contributed by atoms with van der Waals surface area (Å²) in [6.07, 6.45) is 3.11. The number of hydrogen-bond donors (Lipinski definition) is 0. The van der Waals surface area contributed by atoms with Gasteiger partial charge in [0.05, 0.1) is 12.7 Å². The van der Waals surface area contributed by atoms with E-state index in [-0.39, 0.29) is 17.9 Å². The summed E-state index contributed by atoms with van der Waals surface area (Å²) in [5, 5.41) is 0. The molecule has 1 aliphatic heterocycles. The van der Waals surface area contributed by atoms with E-state index in [0.717, 1.165) is 12.1 Å². The Morgan fingerprint density at radius 1 is 1.61 bits per heavy atom. The molecule has 0 aliphatic carbocycles. The van der Waals surface area contributed by atoms with Gasteiger partial charge in [-0.2, -0.15) is 0 Å². The first kappa shape index (κ1) is 12.4. The van der Waals surface area contributed by atoms with Gasteiger partial charge in [0.25, 0.3) is 5.56 Å². The molecule has 0 saturated heterocycles. The first-order chi connectivity index (χ1) is 8.69. The van der Waals surface area contributed by atoms with Crippen LogP contribution in [0.4, 0.5) is 0 Å². The molecule has 5 nitrogen and oxygen atoms in total. The highest BCUT2D eigenvalue weighted by Crippen LogP contribution is 2.21.